The van der Waals surface area contributed by atoms with Gasteiger partial charge in [0.05, 0.1) is 31.1 Å². The van der Waals surface area contributed by atoms with Crippen LogP contribution in [-0.2, 0) is 4.79 Å². The number of halogens is 1. The van der Waals surface area contributed by atoms with Crippen LogP contribution in [0.2, 0.25) is 5.02 Å². The van der Waals surface area contributed by atoms with Crippen LogP contribution in [0.25, 0.3) is 0 Å². The zero-order valence-corrected chi connectivity index (χ0v) is 17.7. The molecule has 2 aromatic rings. The fourth-order valence-corrected chi connectivity index (χ4v) is 3.80. The van der Waals surface area contributed by atoms with Gasteiger partial charge in [0.15, 0.2) is 6.54 Å². The number of nitro groups is 1. The van der Waals surface area contributed by atoms with Gasteiger partial charge in [0.25, 0.3) is 11.6 Å². The second-order valence-corrected chi connectivity index (χ2v) is 8.04. The number of nitro benzene ring substituents is 1. The van der Waals surface area contributed by atoms with Crippen LogP contribution in [0.3, 0.4) is 0 Å². The molecule has 29 heavy (non-hydrogen) atoms. The number of aryl methyl sites for hydroxylation is 3. The molecular weight excluding hydrogens is 392 g/mol. The average molecular weight is 418 g/mol. The third-order valence-corrected chi connectivity index (χ3v) is 5.71. The monoisotopic (exact) mass is 417 g/mol. The highest BCUT2D eigenvalue weighted by Gasteiger charge is 2.25. The quantitative estimate of drug-likeness (QED) is 0.578. The van der Waals surface area contributed by atoms with E-state index in [2.05, 4.69) is 17.1 Å². The Hall–Kier alpha value is -2.64. The van der Waals surface area contributed by atoms with Gasteiger partial charge in [-0.3, -0.25) is 14.9 Å². The maximum absolute atomic E-state index is 12.5. The van der Waals surface area contributed by atoms with E-state index in [0.29, 0.717) is 0 Å². The lowest BCUT2D eigenvalue weighted by atomic mass is 10.1. The lowest BCUT2D eigenvalue weighted by Gasteiger charge is -2.34. The SMILES string of the molecule is Cc1cc(NC(=O)C[NH+]2CCN(c3cc(Cl)ccc3C)CC2)c([N+](=O)[O-])cc1C. The van der Waals surface area contributed by atoms with Crippen LogP contribution in [-0.4, -0.2) is 43.6 Å². The van der Waals surface area contributed by atoms with Crippen molar-refractivity contribution < 1.29 is 14.6 Å². The molecule has 1 aliphatic heterocycles. The third-order valence-electron chi connectivity index (χ3n) is 5.48. The summed E-state index contributed by atoms with van der Waals surface area (Å²) in [5.74, 6) is -0.210. The van der Waals surface area contributed by atoms with Crippen molar-refractivity contribution in [1.82, 2.24) is 0 Å². The van der Waals surface area contributed by atoms with Gasteiger partial charge in [0.2, 0.25) is 0 Å². The molecule has 0 radical (unpaired) electrons. The van der Waals surface area contributed by atoms with Crippen LogP contribution < -0.4 is 15.1 Å². The average Bonchev–Trinajstić information content (AvgIpc) is 2.67. The molecule has 2 aromatic carbocycles. The summed E-state index contributed by atoms with van der Waals surface area (Å²) in [5, 5.41) is 14.8. The first-order valence-electron chi connectivity index (χ1n) is 9.64. The maximum Gasteiger partial charge on any atom is 0.293 e. The van der Waals surface area contributed by atoms with Crippen LogP contribution in [0.1, 0.15) is 16.7 Å². The molecule has 0 aliphatic carbocycles. The number of amides is 1. The molecule has 0 saturated carbocycles. The number of hydrogen-bond acceptors (Lipinski definition) is 4. The smallest absolute Gasteiger partial charge is 0.293 e. The Morgan fingerprint density at radius 3 is 2.45 bits per heavy atom. The van der Waals surface area contributed by atoms with Crippen LogP contribution in [0.15, 0.2) is 30.3 Å². The van der Waals surface area contributed by atoms with Gasteiger partial charge < -0.3 is 15.1 Å². The van der Waals surface area contributed by atoms with Gasteiger partial charge in [0, 0.05) is 16.8 Å². The van der Waals surface area contributed by atoms with Crippen molar-refractivity contribution in [1.29, 1.82) is 0 Å². The highest BCUT2D eigenvalue weighted by molar-refractivity contribution is 6.30. The fraction of sp³-hybridized carbons (Fsp3) is 0.381. The van der Waals surface area contributed by atoms with Gasteiger partial charge in [0.1, 0.15) is 5.69 Å². The number of piperazine rings is 1. The molecule has 0 unspecified atom stereocenters. The number of rotatable bonds is 5. The molecule has 1 fully saturated rings. The van der Waals surface area contributed by atoms with Crippen molar-refractivity contribution in [2.75, 3.05) is 42.9 Å². The Kier molecular flexibility index (Phi) is 6.39. The van der Waals surface area contributed by atoms with E-state index >= 15 is 0 Å². The number of benzene rings is 2. The summed E-state index contributed by atoms with van der Waals surface area (Å²) in [5.41, 5.74) is 4.23. The van der Waals surface area contributed by atoms with Crippen LogP contribution in [0, 0.1) is 30.9 Å². The van der Waals surface area contributed by atoms with Gasteiger partial charge in [-0.2, -0.15) is 0 Å². The highest BCUT2D eigenvalue weighted by Crippen LogP contribution is 2.28. The number of nitrogens with one attached hydrogen (secondary N) is 2. The van der Waals surface area contributed by atoms with Gasteiger partial charge in [-0.25, -0.2) is 0 Å². The Labute approximate surface area is 175 Å². The minimum atomic E-state index is -0.457. The van der Waals surface area contributed by atoms with E-state index in [1.807, 2.05) is 32.0 Å². The van der Waals surface area contributed by atoms with Crippen LogP contribution in [0.5, 0.6) is 0 Å². The maximum atomic E-state index is 12.5. The summed E-state index contributed by atoms with van der Waals surface area (Å²) in [7, 11) is 0. The Morgan fingerprint density at radius 2 is 1.79 bits per heavy atom. The van der Waals surface area contributed by atoms with E-state index < -0.39 is 4.92 Å². The predicted molar refractivity (Wildman–Crippen MR) is 115 cm³/mol. The molecule has 1 saturated heterocycles. The van der Waals surface area contributed by atoms with Crippen LogP contribution in [0.4, 0.5) is 17.1 Å². The molecule has 3 rings (SSSR count). The second kappa shape index (κ2) is 8.80. The first kappa shape index (κ1) is 21.1. The van der Waals surface area contributed by atoms with Crippen molar-refractivity contribution in [3.63, 3.8) is 0 Å². The van der Waals surface area contributed by atoms with Crippen molar-refractivity contribution in [3.05, 3.63) is 62.2 Å². The Morgan fingerprint density at radius 1 is 1.14 bits per heavy atom. The van der Waals surface area contributed by atoms with E-state index in [4.69, 9.17) is 11.6 Å². The summed E-state index contributed by atoms with van der Waals surface area (Å²) in [6.45, 7) is 9.32. The van der Waals surface area contributed by atoms with Crippen LogP contribution >= 0.6 is 11.6 Å². The number of hydrogen-bond donors (Lipinski definition) is 2. The standard InChI is InChI=1S/C21H25ClN4O3/c1-14-4-5-17(22)12-19(14)25-8-6-24(7-9-25)13-21(27)23-18-10-15(2)16(3)11-20(18)26(28)29/h4-5,10-12H,6-9,13H2,1-3H3,(H,23,27)/p+1. The number of carbonyl (C=O) groups is 1. The van der Waals surface area contributed by atoms with Crippen molar-refractivity contribution in [3.8, 4) is 0 Å². The van der Waals surface area contributed by atoms with E-state index in [0.717, 1.165) is 52.9 Å². The first-order valence-corrected chi connectivity index (χ1v) is 10.0. The van der Waals surface area contributed by atoms with Gasteiger partial charge >= 0.3 is 0 Å². The highest BCUT2D eigenvalue weighted by atomic mass is 35.5. The fourth-order valence-electron chi connectivity index (χ4n) is 3.64. The first-order chi connectivity index (χ1) is 13.7. The minimum absolute atomic E-state index is 0.0716. The van der Waals surface area contributed by atoms with Crippen molar-refractivity contribution in [2.24, 2.45) is 0 Å². The number of nitrogens with zero attached hydrogens (tertiary/aromatic N) is 2. The zero-order valence-electron chi connectivity index (χ0n) is 16.9. The normalized spacial score (nSPS) is 14.7. The zero-order chi connectivity index (χ0) is 21.1. The number of anilines is 2. The third kappa shape index (κ3) is 5.05. The molecule has 1 heterocycles. The topological polar surface area (TPSA) is 79.9 Å². The Bertz CT molecular complexity index is 940. The van der Waals surface area contributed by atoms with E-state index in [1.54, 1.807) is 6.07 Å². The molecule has 1 aliphatic rings. The predicted octanol–water partition coefficient (Wildman–Crippen LogP) is 2.52. The van der Waals surface area contributed by atoms with Gasteiger partial charge in [-0.05, 0) is 55.7 Å². The summed E-state index contributed by atoms with van der Waals surface area (Å²) < 4.78 is 0. The second-order valence-electron chi connectivity index (χ2n) is 7.60. The van der Waals surface area contributed by atoms with Crippen molar-refractivity contribution >= 4 is 34.6 Å². The van der Waals surface area contributed by atoms with Crippen molar-refractivity contribution in [2.45, 2.75) is 20.8 Å². The lowest BCUT2D eigenvalue weighted by molar-refractivity contribution is -0.892. The van der Waals surface area contributed by atoms with E-state index in [-0.39, 0.29) is 23.8 Å². The molecule has 0 spiro atoms. The molecule has 0 aromatic heterocycles. The van der Waals surface area contributed by atoms with Gasteiger partial charge in [-0.1, -0.05) is 17.7 Å². The molecule has 8 heteroatoms. The number of carbonyl (C=O) groups excluding carboxylic acids is 1. The largest absolute Gasteiger partial charge is 0.360 e. The van der Waals surface area contributed by atoms with E-state index in [1.165, 1.54) is 11.6 Å². The summed E-state index contributed by atoms with van der Waals surface area (Å²) in [4.78, 5) is 26.8. The van der Waals surface area contributed by atoms with E-state index in [9.17, 15) is 14.9 Å². The molecule has 0 atom stereocenters. The summed E-state index contributed by atoms with van der Waals surface area (Å²) >= 11 is 6.13. The molecule has 0 bridgehead atoms. The molecular formula is C21H26ClN4O3+. The summed E-state index contributed by atoms with van der Waals surface area (Å²) in [6.07, 6.45) is 0. The molecule has 1 amide bonds. The van der Waals surface area contributed by atoms with Gasteiger partial charge in [-0.15, -0.1) is 0 Å². The summed E-state index contributed by atoms with van der Waals surface area (Å²) in [6, 6.07) is 9.05. The lowest BCUT2D eigenvalue weighted by Crippen LogP contribution is -3.15. The molecule has 7 nitrogen and oxygen atoms in total. The minimum Gasteiger partial charge on any atom is -0.360 e. The molecule has 154 valence electrons. The number of quaternary nitrogens is 1. The Balaban J connectivity index is 1.60. The molecule has 2 N–H and O–H groups in total.